The van der Waals surface area contributed by atoms with Crippen LogP contribution in [0.25, 0.3) is 0 Å². The Bertz CT molecular complexity index is 421. The summed E-state index contributed by atoms with van der Waals surface area (Å²) in [6, 6.07) is 3.97. The molecule has 0 amide bonds. The van der Waals surface area contributed by atoms with Crippen LogP contribution in [0, 0.1) is 0 Å². The van der Waals surface area contributed by atoms with E-state index in [0.29, 0.717) is 12.3 Å². The minimum Gasteiger partial charge on any atom is -0.508 e. The van der Waals surface area contributed by atoms with Crippen LogP contribution in [-0.2, 0) is 18.3 Å². The van der Waals surface area contributed by atoms with Gasteiger partial charge in [-0.05, 0) is 55.7 Å². The van der Waals surface area contributed by atoms with Gasteiger partial charge in [0.05, 0.1) is 0 Å². The summed E-state index contributed by atoms with van der Waals surface area (Å²) in [5.41, 5.74) is 10.1. The predicted octanol–water partition coefficient (Wildman–Crippen LogP) is 2.26. The number of hydrogen-bond acceptors (Lipinski definition) is 2. The maximum absolute atomic E-state index is 10.1. The molecular formula is C14H19NO. The fourth-order valence-electron chi connectivity index (χ4n) is 3.11. The molecule has 1 fully saturated rings. The highest BCUT2D eigenvalue weighted by Crippen LogP contribution is 2.52. The van der Waals surface area contributed by atoms with Crippen molar-refractivity contribution in [1.82, 2.24) is 0 Å². The van der Waals surface area contributed by atoms with Crippen LogP contribution in [-0.4, -0.2) is 11.7 Å². The molecule has 0 unspecified atom stereocenters. The Kier molecular flexibility index (Phi) is 2.21. The third-order valence-corrected chi connectivity index (χ3v) is 4.29. The third kappa shape index (κ3) is 1.36. The molecule has 0 aromatic heterocycles. The number of benzene rings is 1. The number of nitrogens with two attached hydrogens (primary N) is 1. The predicted molar refractivity (Wildman–Crippen MR) is 64.7 cm³/mol. The molecule has 1 aromatic carbocycles. The lowest BCUT2D eigenvalue weighted by atomic mass is 9.81. The molecule has 1 aromatic rings. The van der Waals surface area contributed by atoms with Crippen molar-refractivity contribution in [2.75, 3.05) is 6.54 Å². The van der Waals surface area contributed by atoms with Gasteiger partial charge in [0, 0.05) is 17.5 Å². The molecule has 3 N–H and O–H groups in total. The number of aromatic hydroxyl groups is 1. The van der Waals surface area contributed by atoms with Crippen LogP contribution in [0.3, 0.4) is 0 Å². The summed E-state index contributed by atoms with van der Waals surface area (Å²) in [4.78, 5) is 0. The van der Waals surface area contributed by atoms with Gasteiger partial charge in [-0.25, -0.2) is 0 Å². The molecule has 0 atom stereocenters. The van der Waals surface area contributed by atoms with E-state index in [-0.39, 0.29) is 5.41 Å². The molecule has 0 radical (unpaired) electrons. The molecule has 0 saturated heterocycles. The van der Waals surface area contributed by atoms with Gasteiger partial charge < -0.3 is 10.8 Å². The van der Waals surface area contributed by atoms with E-state index in [0.717, 1.165) is 19.3 Å². The number of rotatable bonds is 2. The van der Waals surface area contributed by atoms with Gasteiger partial charge in [-0.15, -0.1) is 0 Å². The topological polar surface area (TPSA) is 46.2 Å². The molecule has 86 valence electrons. The first-order valence-corrected chi connectivity index (χ1v) is 6.31. The van der Waals surface area contributed by atoms with Crippen LogP contribution in [0.4, 0.5) is 0 Å². The average Bonchev–Trinajstić information content (AvgIpc) is 3.10. The van der Waals surface area contributed by atoms with Crippen molar-refractivity contribution in [1.29, 1.82) is 0 Å². The van der Waals surface area contributed by atoms with Crippen LogP contribution in [0.5, 0.6) is 5.75 Å². The zero-order valence-corrected chi connectivity index (χ0v) is 9.63. The van der Waals surface area contributed by atoms with Gasteiger partial charge in [-0.1, -0.05) is 6.07 Å². The SMILES string of the molecule is NCC1(c2c(O)ccc3c2CCCC3)CC1. The number of phenols is 1. The second-order valence-corrected chi connectivity index (χ2v) is 5.29. The minimum absolute atomic E-state index is 0.118. The van der Waals surface area contributed by atoms with Gasteiger partial charge >= 0.3 is 0 Å². The Morgan fingerprint density at radius 2 is 1.94 bits per heavy atom. The highest BCUT2D eigenvalue weighted by molar-refractivity contribution is 5.52. The molecule has 2 nitrogen and oxygen atoms in total. The summed E-state index contributed by atoms with van der Waals surface area (Å²) in [6.07, 6.45) is 7.13. The highest BCUT2D eigenvalue weighted by atomic mass is 16.3. The minimum atomic E-state index is 0.118. The van der Waals surface area contributed by atoms with Crippen molar-refractivity contribution < 1.29 is 5.11 Å². The van der Waals surface area contributed by atoms with Crippen LogP contribution >= 0.6 is 0 Å². The highest BCUT2D eigenvalue weighted by Gasteiger charge is 2.46. The molecule has 2 heteroatoms. The van der Waals surface area contributed by atoms with Crippen LogP contribution in [0.15, 0.2) is 12.1 Å². The summed E-state index contributed by atoms with van der Waals surface area (Å²) < 4.78 is 0. The normalized spacial score (nSPS) is 21.6. The van der Waals surface area contributed by atoms with Crippen LogP contribution in [0.2, 0.25) is 0 Å². The fourth-order valence-corrected chi connectivity index (χ4v) is 3.11. The van der Waals surface area contributed by atoms with Crippen molar-refractivity contribution in [3.63, 3.8) is 0 Å². The zero-order chi connectivity index (χ0) is 11.2. The Hall–Kier alpha value is -1.02. The number of fused-ring (bicyclic) bond motifs is 1. The molecule has 3 rings (SSSR count). The van der Waals surface area contributed by atoms with Gasteiger partial charge in [0.15, 0.2) is 0 Å². The van der Waals surface area contributed by atoms with Crippen molar-refractivity contribution in [3.8, 4) is 5.75 Å². The monoisotopic (exact) mass is 217 g/mol. The molecule has 0 heterocycles. The van der Waals surface area contributed by atoms with E-state index < -0.39 is 0 Å². The number of hydrogen-bond donors (Lipinski definition) is 2. The van der Waals surface area contributed by atoms with Crippen molar-refractivity contribution in [3.05, 3.63) is 28.8 Å². The molecule has 0 spiro atoms. The van der Waals surface area contributed by atoms with Gasteiger partial charge in [-0.2, -0.15) is 0 Å². The van der Waals surface area contributed by atoms with Crippen LogP contribution in [0.1, 0.15) is 42.4 Å². The summed E-state index contributed by atoms with van der Waals surface area (Å²) in [6.45, 7) is 0.678. The Balaban J connectivity index is 2.15. The first-order valence-electron chi connectivity index (χ1n) is 6.31. The maximum Gasteiger partial charge on any atom is 0.119 e. The van der Waals surface area contributed by atoms with Crippen LogP contribution < -0.4 is 5.73 Å². The zero-order valence-electron chi connectivity index (χ0n) is 9.63. The fraction of sp³-hybridized carbons (Fsp3) is 0.571. The van der Waals surface area contributed by atoms with Gasteiger partial charge in [-0.3, -0.25) is 0 Å². The van der Waals surface area contributed by atoms with Crippen molar-refractivity contribution in [2.24, 2.45) is 5.73 Å². The second-order valence-electron chi connectivity index (χ2n) is 5.29. The molecule has 2 aliphatic carbocycles. The number of phenolic OH excluding ortho intramolecular Hbond substituents is 1. The quantitative estimate of drug-likeness (QED) is 0.798. The van der Waals surface area contributed by atoms with Gasteiger partial charge in [0.25, 0.3) is 0 Å². The van der Waals surface area contributed by atoms with Crippen molar-refractivity contribution >= 4 is 0 Å². The number of aryl methyl sites for hydroxylation is 1. The largest absolute Gasteiger partial charge is 0.508 e. The average molecular weight is 217 g/mol. The summed E-state index contributed by atoms with van der Waals surface area (Å²) >= 11 is 0. The smallest absolute Gasteiger partial charge is 0.119 e. The lowest BCUT2D eigenvalue weighted by Gasteiger charge is -2.25. The molecule has 16 heavy (non-hydrogen) atoms. The molecule has 2 aliphatic rings. The van der Waals surface area contributed by atoms with E-state index >= 15 is 0 Å². The molecule has 1 saturated carbocycles. The van der Waals surface area contributed by atoms with E-state index in [1.807, 2.05) is 6.07 Å². The van der Waals surface area contributed by atoms with E-state index in [4.69, 9.17) is 5.73 Å². The standard InChI is InChI=1S/C14H19NO/c15-9-14(7-8-14)13-11-4-2-1-3-10(11)5-6-12(13)16/h5-6,16H,1-4,7-9,15H2. The van der Waals surface area contributed by atoms with E-state index in [1.165, 1.54) is 36.0 Å². The summed E-state index contributed by atoms with van der Waals surface area (Å²) in [7, 11) is 0. The summed E-state index contributed by atoms with van der Waals surface area (Å²) in [5.74, 6) is 0.476. The van der Waals surface area contributed by atoms with E-state index in [2.05, 4.69) is 6.07 Å². The maximum atomic E-state index is 10.1. The lowest BCUT2D eigenvalue weighted by Crippen LogP contribution is -2.23. The second kappa shape index (κ2) is 3.49. The summed E-state index contributed by atoms with van der Waals surface area (Å²) in [5, 5.41) is 10.1. The van der Waals surface area contributed by atoms with E-state index in [1.54, 1.807) is 0 Å². The Morgan fingerprint density at radius 3 is 2.62 bits per heavy atom. The molecule has 0 aliphatic heterocycles. The van der Waals surface area contributed by atoms with Gasteiger partial charge in [0.1, 0.15) is 5.75 Å². The first kappa shape index (κ1) is 10.2. The van der Waals surface area contributed by atoms with E-state index in [9.17, 15) is 5.11 Å². The van der Waals surface area contributed by atoms with Crippen molar-refractivity contribution in [2.45, 2.75) is 43.9 Å². The third-order valence-electron chi connectivity index (χ3n) is 4.29. The Labute approximate surface area is 96.5 Å². The molecule has 0 bridgehead atoms. The molecular weight excluding hydrogens is 198 g/mol. The Morgan fingerprint density at radius 1 is 1.19 bits per heavy atom. The lowest BCUT2D eigenvalue weighted by molar-refractivity contribution is 0.455. The first-order chi connectivity index (χ1) is 7.77. The van der Waals surface area contributed by atoms with Gasteiger partial charge in [0.2, 0.25) is 0 Å².